The summed E-state index contributed by atoms with van der Waals surface area (Å²) in [7, 11) is 0. The lowest BCUT2D eigenvalue weighted by atomic mass is 9.72. The van der Waals surface area contributed by atoms with Crippen molar-refractivity contribution in [1.29, 1.82) is 0 Å². The van der Waals surface area contributed by atoms with Crippen LogP contribution in [0, 0.1) is 0 Å². The van der Waals surface area contributed by atoms with E-state index in [1.807, 2.05) is 58.5 Å². The lowest BCUT2D eigenvalue weighted by Gasteiger charge is -2.36. The van der Waals surface area contributed by atoms with E-state index in [1.54, 1.807) is 4.68 Å². The number of fused-ring (bicyclic) bond motifs is 8. The van der Waals surface area contributed by atoms with Gasteiger partial charge in [-0.1, -0.05) is 35.5 Å². The van der Waals surface area contributed by atoms with Crippen LogP contribution in [-0.2, 0) is 32.8 Å². The van der Waals surface area contributed by atoms with Gasteiger partial charge in [-0.15, -0.1) is 5.10 Å². The van der Waals surface area contributed by atoms with Crippen molar-refractivity contribution in [2.75, 3.05) is 50.9 Å². The molecule has 0 aliphatic carbocycles. The number of amides is 2. The molecule has 7 rings (SSSR count). The number of para-hydroxylation sites is 1. The Balaban J connectivity index is 1.35. The number of hydrogen-bond donors (Lipinski definition) is 0. The molecular weight excluding hydrogens is 496 g/mol. The Hall–Kier alpha value is -3.76. The third kappa shape index (κ3) is 4.09. The minimum Gasteiger partial charge on any atom is -0.494 e. The molecule has 2 amide bonds. The average Bonchev–Trinajstić information content (AvgIpc) is 3.65. The molecule has 2 saturated heterocycles. The highest BCUT2D eigenvalue weighted by atomic mass is 16.5. The van der Waals surface area contributed by atoms with Gasteiger partial charge in [-0.05, 0) is 35.7 Å². The summed E-state index contributed by atoms with van der Waals surface area (Å²) in [5.74, 6) is 0.778. The number of morpholine rings is 1. The summed E-state index contributed by atoms with van der Waals surface area (Å²) >= 11 is 0. The van der Waals surface area contributed by atoms with E-state index in [9.17, 15) is 9.59 Å². The van der Waals surface area contributed by atoms with Crippen molar-refractivity contribution in [3.05, 3.63) is 71.5 Å². The molecule has 10 heteroatoms. The van der Waals surface area contributed by atoms with Crippen LogP contribution in [0.2, 0.25) is 0 Å². The Kier molecular flexibility index (Phi) is 6.08. The van der Waals surface area contributed by atoms with Crippen LogP contribution >= 0.6 is 0 Å². The monoisotopic (exact) mass is 528 g/mol. The van der Waals surface area contributed by atoms with Gasteiger partial charge < -0.3 is 19.3 Å². The molecule has 3 aromatic rings. The van der Waals surface area contributed by atoms with Crippen molar-refractivity contribution >= 4 is 17.5 Å². The van der Waals surface area contributed by atoms with Gasteiger partial charge in [-0.3, -0.25) is 19.2 Å². The van der Waals surface area contributed by atoms with Crippen LogP contribution in [0.15, 0.2) is 54.7 Å². The van der Waals surface area contributed by atoms with Crippen molar-refractivity contribution < 1.29 is 19.1 Å². The summed E-state index contributed by atoms with van der Waals surface area (Å²) in [6.45, 7) is 5.08. The molecular formula is C29H32N6O4. The number of benzene rings is 2. The molecule has 2 fully saturated rings. The maximum atomic E-state index is 14.7. The Morgan fingerprint density at radius 1 is 1.03 bits per heavy atom. The third-order valence-electron chi connectivity index (χ3n) is 8.49. The Morgan fingerprint density at radius 3 is 2.79 bits per heavy atom. The molecule has 6 bridgehead atoms. The number of likely N-dealkylation sites (tertiary alicyclic amines) is 1. The molecule has 0 N–H and O–H groups in total. The second-order valence-electron chi connectivity index (χ2n) is 10.8. The molecule has 4 aliphatic heterocycles. The molecule has 0 unspecified atom stereocenters. The smallest absolute Gasteiger partial charge is 0.240 e. The molecule has 5 heterocycles. The average molecular weight is 529 g/mol. The van der Waals surface area contributed by atoms with Crippen LogP contribution in [0.5, 0.6) is 5.75 Å². The van der Waals surface area contributed by atoms with Crippen LogP contribution < -0.4 is 9.64 Å². The molecule has 4 aliphatic rings. The van der Waals surface area contributed by atoms with E-state index in [0.29, 0.717) is 52.4 Å². The Bertz CT molecular complexity index is 1400. The lowest BCUT2D eigenvalue weighted by molar-refractivity contribution is -0.135. The topological polar surface area (TPSA) is 93.0 Å². The summed E-state index contributed by atoms with van der Waals surface area (Å²) in [6, 6.07) is 15.5. The molecule has 0 radical (unpaired) electrons. The van der Waals surface area contributed by atoms with Crippen molar-refractivity contribution in [2.24, 2.45) is 0 Å². The van der Waals surface area contributed by atoms with E-state index >= 15 is 0 Å². The molecule has 1 spiro atoms. The van der Waals surface area contributed by atoms with Crippen molar-refractivity contribution in [3.63, 3.8) is 0 Å². The molecule has 10 nitrogen and oxygen atoms in total. The first-order valence-electron chi connectivity index (χ1n) is 13.8. The number of aromatic nitrogens is 3. The maximum absolute atomic E-state index is 14.7. The highest BCUT2D eigenvalue weighted by molar-refractivity contribution is 6.09. The SMILES string of the molecule is O=C(CN1CCOCC1)N1CC[C@]23C(=O)N(Cc4cn(nn4)CCCOc4cccc(c4)[C@H]12)c1ccccc13. The molecule has 2 aromatic carbocycles. The number of ether oxygens (including phenoxy) is 2. The zero-order valence-corrected chi connectivity index (χ0v) is 21.9. The quantitative estimate of drug-likeness (QED) is 0.503. The van der Waals surface area contributed by atoms with E-state index in [4.69, 9.17) is 9.47 Å². The van der Waals surface area contributed by atoms with Gasteiger partial charge in [0.1, 0.15) is 16.9 Å². The fourth-order valence-electron chi connectivity index (χ4n) is 6.69. The number of rotatable bonds is 2. The van der Waals surface area contributed by atoms with Crippen LogP contribution in [-0.4, -0.2) is 82.6 Å². The molecule has 0 saturated carbocycles. The van der Waals surface area contributed by atoms with Gasteiger partial charge in [-0.25, -0.2) is 0 Å². The first-order valence-corrected chi connectivity index (χ1v) is 13.8. The van der Waals surface area contributed by atoms with Crippen molar-refractivity contribution in [2.45, 2.75) is 37.4 Å². The number of carbonyl (C=O) groups excluding carboxylic acids is 2. The zero-order valence-electron chi connectivity index (χ0n) is 21.9. The first kappa shape index (κ1) is 24.3. The standard InChI is InChI=1S/C29H32N6O4/c36-26(20-32-12-15-38-16-13-32)34-11-9-29-24-7-1-2-8-25(24)35(28(29)37)19-22-18-33(31-30-22)10-4-14-39-23-6-3-5-21(17-23)27(29)34/h1-3,5-8,17-18,27H,4,9-16,19-20H2/t27-,29+/m0/s1. The maximum Gasteiger partial charge on any atom is 0.240 e. The number of anilines is 1. The van der Waals surface area contributed by atoms with Gasteiger partial charge in [0, 0.05) is 38.3 Å². The normalized spacial score (nSPS) is 24.9. The summed E-state index contributed by atoms with van der Waals surface area (Å²) in [5.41, 5.74) is 2.61. The summed E-state index contributed by atoms with van der Waals surface area (Å²) in [4.78, 5) is 34.5. The van der Waals surface area contributed by atoms with E-state index < -0.39 is 11.5 Å². The van der Waals surface area contributed by atoms with Crippen LogP contribution in [0.3, 0.4) is 0 Å². The summed E-state index contributed by atoms with van der Waals surface area (Å²) in [6.07, 6.45) is 3.23. The van der Waals surface area contributed by atoms with Crippen LogP contribution in [0.25, 0.3) is 0 Å². The van der Waals surface area contributed by atoms with Gasteiger partial charge in [0.05, 0.1) is 45.1 Å². The van der Waals surface area contributed by atoms with E-state index in [1.165, 1.54) is 0 Å². The Morgan fingerprint density at radius 2 is 1.90 bits per heavy atom. The second-order valence-corrected chi connectivity index (χ2v) is 10.8. The second kappa shape index (κ2) is 9.77. The van der Waals surface area contributed by atoms with Gasteiger partial charge in [0.15, 0.2) is 0 Å². The summed E-state index contributed by atoms with van der Waals surface area (Å²) < 4.78 is 13.4. The third-order valence-corrected chi connectivity index (χ3v) is 8.49. The molecule has 1 aromatic heterocycles. The van der Waals surface area contributed by atoms with Crippen LogP contribution in [0.4, 0.5) is 5.69 Å². The predicted molar refractivity (Wildman–Crippen MR) is 142 cm³/mol. The van der Waals surface area contributed by atoms with E-state index in [0.717, 1.165) is 47.8 Å². The van der Waals surface area contributed by atoms with Gasteiger partial charge in [0.2, 0.25) is 11.8 Å². The number of carbonyl (C=O) groups is 2. The lowest BCUT2D eigenvalue weighted by Crippen LogP contribution is -2.48. The predicted octanol–water partition coefficient (Wildman–Crippen LogP) is 2.15. The highest BCUT2D eigenvalue weighted by Gasteiger charge is 2.61. The Labute approximate surface area is 227 Å². The molecule has 202 valence electrons. The first-order chi connectivity index (χ1) is 19.1. The number of hydrogen-bond acceptors (Lipinski definition) is 7. The fourth-order valence-corrected chi connectivity index (χ4v) is 6.69. The summed E-state index contributed by atoms with van der Waals surface area (Å²) in [5, 5.41) is 8.64. The highest BCUT2D eigenvalue weighted by Crippen LogP contribution is 2.57. The van der Waals surface area contributed by atoms with Crippen molar-refractivity contribution in [3.8, 4) is 5.75 Å². The van der Waals surface area contributed by atoms with Gasteiger partial charge in [0.25, 0.3) is 0 Å². The number of aryl methyl sites for hydroxylation is 1. The van der Waals surface area contributed by atoms with E-state index in [2.05, 4.69) is 21.3 Å². The molecule has 2 atom stereocenters. The van der Waals surface area contributed by atoms with Crippen LogP contribution in [0.1, 0.15) is 35.7 Å². The number of nitrogens with zero attached hydrogens (tertiary/aromatic N) is 6. The molecule has 39 heavy (non-hydrogen) atoms. The van der Waals surface area contributed by atoms with Gasteiger partial charge >= 0.3 is 0 Å². The largest absolute Gasteiger partial charge is 0.494 e. The fraction of sp³-hybridized carbons (Fsp3) is 0.448. The van der Waals surface area contributed by atoms with Gasteiger partial charge in [-0.2, -0.15) is 0 Å². The zero-order chi connectivity index (χ0) is 26.4. The minimum atomic E-state index is -0.897. The minimum absolute atomic E-state index is 0.00566. The van der Waals surface area contributed by atoms with Crippen molar-refractivity contribution in [1.82, 2.24) is 24.8 Å². The van der Waals surface area contributed by atoms with E-state index in [-0.39, 0.29) is 11.8 Å².